The summed E-state index contributed by atoms with van der Waals surface area (Å²) < 4.78 is 7.28. The summed E-state index contributed by atoms with van der Waals surface area (Å²) in [5, 5.41) is 7.84. The molecule has 2 amide bonds. The highest BCUT2D eigenvalue weighted by Gasteiger charge is 2.28. The first-order valence-electron chi connectivity index (χ1n) is 11.1. The minimum absolute atomic E-state index is 0.106. The van der Waals surface area contributed by atoms with Crippen molar-refractivity contribution in [2.45, 2.75) is 19.1 Å². The highest BCUT2D eigenvalue weighted by atomic mass is 35.5. The summed E-state index contributed by atoms with van der Waals surface area (Å²) in [6, 6.07) is 16.3. The normalized spacial score (nSPS) is 12.6. The van der Waals surface area contributed by atoms with Crippen molar-refractivity contribution in [3.8, 4) is 22.8 Å². The number of rotatable bonds is 7. The van der Waals surface area contributed by atoms with Gasteiger partial charge in [0.1, 0.15) is 24.1 Å². The van der Waals surface area contributed by atoms with Gasteiger partial charge in [0.25, 0.3) is 11.8 Å². The van der Waals surface area contributed by atoms with Gasteiger partial charge in [0.2, 0.25) is 5.78 Å². The number of hydrogen-bond acceptors (Lipinski definition) is 6. The molecule has 0 spiro atoms. The SMILES string of the molecule is NC(=O)C(=O)C(Cc1ccccc1)NC(=O)c1cccnc1-n1cc2c(n1)-c1cc(Cl)ccc1OC2. The summed E-state index contributed by atoms with van der Waals surface area (Å²) in [6.07, 6.45) is 3.37. The van der Waals surface area contributed by atoms with Crippen LogP contribution in [0.1, 0.15) is 21.5 Å². The second-order valence-electron chi connectivity index (χ2n) is 8.20. The molecule has 0 saturated heterocycles. The molecule has 9 nitrogen and oxygen atoms in total. The van der Waals surface area contributed by atoms with Crippen LogP contribution in [-0.4, -0.2) is 38.4 Å². The van der Waals surface area contributed by atoms with Gasteiger partial charge < -0.3 is 15.8 Å². The number of halogens is 1. The van der Waals surface area contributed by atoms with Crippen molar-refractivity contribution in [3.63, 3.8) is 0 Å². The van der Waals surface area contributed by atoms with Crippen LogP contribution in [0.2, 0.25) is 5.02 Å². The van der Waals surface area contributed by atoms with Gasteiger partial charge in [0.05, 0.1) is 5.56 Å². The van der Waals surface area contributed by atoms with Crippen molar-refractivity contribution < 1.29 is 19.1 Å². The number of pyridine rings is 1. The summed E-state index contributed by atoms with van der Waals surface area (Å²) in [5.74, 6) is -1.71. The summed E-state index contributed by atoms with van der Waals surface area (Å²) >= 11 is 6.17. The number of nitrogens with two attached hydrogens (primary N) is 1. The summed E-state index contributed by atoms with van der Waals surface area (Å²) in [6.45, 7) is 0.296. The molecule has 0 fully saturated rings. The first-order valence-corrected chi connectivity index (χ1v) is 11.4. The quantitative estimate of drug-likeness (QED) is 0.375. The molecule has 0 saturated carbocycles. The predicted octanol–water partition coefficient (Wildman–Crippen LogP) is 2.88. The van der Waals surface area contributed by atoms with Gasteiger partial charge in [0, 0.05) is 35.0 Å². The molecule has 1 aliphatic rings. The number of carbonyl (C=O) groups excluding carboxylic acids is 3. The predicted molar refractivity (Wildman–Crippen MR) is 132 cm³/mol. The standard InChI is InChI=1S/C26H20ClN5O4/c27-17-8-9-21-19(12-17)22-16(14-36-21)13-32(31-22)25-18(7-4-10-29-25)26(35)30-20(23(33)24(28)34)11-15-5-2-1-3-6-15/h1-10,12-13,20H,11,14H2,(H2,28,34)(H,30,35). The second-order valence-corrected chi connectivity index (χ2v) is 8.63. The van der Waals surface area contributed by atoms with E-state index in [1.54, 1.807) is 60.8 Å². The highest BCUT2D eigenvalue weighted by Crippen LogP contribution is 2.38. The van der Waals surface area contributed by atoms with Gasteiger partial charge in [-0.25, -0.2) is 9.67 Å². The maximum absolute atomic E-state index is 13.3. The van der Waals surface area contributed by atoms with Gasteiger partial charge in [0.15, 0.2) is 5.82 Å². The van der Waals surface area contributed by atoms with Gasteiger partial charge in [-0.3, -0.25) is 14.4 Å². The number of nitrogens with zero attached hydrogens (tertiary/aromatic N) is 3. The van der Waals surface area contributed by atoms with Crippen LogP contribution in [0.5, 0.6) is 5.75 Å². The van der Waals surface area contributed by atoms with Gasteiger partial charge >= 0.3 is 0 Å². The number of Topliss-reactive ketones (excluding diaryl/α,β-unsaturated/α-hetero) is 1. The molecule has 0 aliphatic carbocycles. The zero-order valence-corrected chi connectivity index (χ0v) is 19.6. The number of carbonyl (C=O) groups is 3. The molecule has 180 valence electrons. The number of primary amides is 1. The molecule has 2 aromatic heterocycles. The number of benzene rings is 2. The topological polar surface area (TPSA) is 129 Å². The minimum atomic E-state index is -1.14. The van der Waals surface area contributed by atoms with E-state index >= 15 is 0 Å². The highest BCUT2D eigenvalue weighted by molar-refractivity contribution is 6.38. The lowest BCUT2D eigenvalue weighted by atomic mass is 10.0. The summed E-state index contributed by atoms with van der Waals surface area (Å²) in [4.78, 5) is 41.8. The molecule has 3 heterocycles. The molecule has 0 bridgehead atoms. The van der Waals surface area contributed by atoms with E-state index in [1.807, 2.05) is 6.07 Å². The molecule has 4 aromatic rings. The van der Waals surface area contributed by atoms with Crippen molar-refractivity contribution in [1.29, 1.82) is 0 Å². The molecule has 1 atom stereocenters. The third kappa shape index (κ3) is 4.56. The maximum Gasteiger partial charge on any atom is 0.287 e. The summed E-state index contributed by atoms with van der Waals surface area (Å²) in [7, 11) is 0. The van der Waals surface area contributed by atoms with Gasteiger partial charge in [-0.1, -0.05) is 41.9 Å². The van der Waals surface area contributed by atoms with E-state index in [1.165, 1.54) is 10.9 Å². The zero-order valence-electron chi connectivity index (χ0n) is 18.8. The Morgan fingerprint density at radius 2 is 1.92 bits per heavy atom. The molecule has 36 heavy (non-hydrogen) atoms. The Morgan fingerprint density at radius 1 is 1.11 bits per heavy atom. The first-order chi connectivity index (χ1) is 17.4. The van der Waals surface area contributed by atoms with Crippen LogP contribution in [0.3, 0.4) is 0 Å². The largest absolute Gasteiger partial charge is 0.488 e. The van der Waals surface area contributed by atoms with Gasteiger partial charge in [-0.05, 0) is 35.9 Å². The van der Waals surface area contributed by atoms with Crippen LogP contribution in [0.4, 0.5) is 0 Å². The fraction of sp³-hybridized carbons (Fsp3) is 0.115. The molecule has 0 radical (unpaired) electrons. The Bertz CT molecular complexity index is 1480. The molecule has 1 unspecified atom stereocenters. The van der Waals surface area contributed by atoms with E-state index in [0.717, 1.165) is 16.7 Å². The number of fused-ring (bicyclic) bond motifs is 3. The van der Waals surface area contributed by atoms with E-state index in [-0.39, 0.29) is 17.8 Å². The van der Waals surface area contributed by atoms with Crippen LogP contribution in [-0.2, 0) is 22.6 Å². The molecule has 5 rings (SSSR count). The van der Waals surface area contributed by atoms with Gasteiger partial charge in [-0.2, -0.15) is 5.10 Å². The zero-order chi connectivity index (χ0) is 25.2. The van der Waals surface area contributed by atoms with E-state index in [4.69, 9.17) is 22.1 Å². The Kier molecular flexibility index (Phi) is 6.22. The van der Waals surface area contributed by atoms with Crippen molar-refractivity contribution in [1.82, 2.24) is 20.1 Å². The van der Waals surface area contributed by atoms with E-state index in [0.29, 0.717) is 23.1 Å². The monoisotopic (exact) mass is 501 g/mol. The van der Waals surface area contributed by atoms with E-state index < -0.39 is 23.6 Å². The van der Waals surface area contributed by atoms with Gasteiger partial charge in [-0.15, -0.1) is 0 Å². The van der Waals surface area contributed by atoms with Crippen LogP contribution in [0, 0.1) is 0 Å². The number of hydrogen-bond donors (Lipinski definition) is 2. The lowest BCUT2D eigenvalue weighted by Gasteiger charge is -2.17. The van der Waals surface area contributed by atoms with Crippen molar-refractivity contribution in [2.75, 3.05) is 0 Å². The average molecular weight is 502 g/mol. The lowest BCUT2D eigenvalue weighted by molar-refractivity contribution is -0.137. The van der Waals surface area contributed by atoms with E-state index in [9.17, 15) is 14.4 Å². The van der Waals surface area contributed by atoms with Crippen molar-refractivity contribution in [2.24, 2.45) is 5.73 Å². The Labute approximate surface area is 210 Å². The number of ketones is 1. The molecule has 2 aromatic carbocycles. The number of amides is 2. The molecular weight excluding hydrogens is 482 g/mol. The van der Waals surface area contributed by atoms with Crippen molar-refractivity contribution in [3.05, 3.63) is 94.8 Å². The molecule has 3 N–H and O–H groups in total. The molecule has 1 aliphatic heterocycles. The second kappa shape index (κ2) is 9.63. The first kappa shape index (κ1) is 23.3. The average Bonchev–Trinajstić information content (AvgIpc) is 3.33. The number of nitrogens with one attached hydrogen (secondary N) is 1. The minimum Gasteiger partial charge on any atom is -0.488 e. The molecular formula is C26H20ClN5O4. The lowest BCUT2D eigenvalue weighted by Crippen LogP contribution is -2.47. The fourth-order valence-electron chi connectivity index (χ4n) is 4.04. The maximum atomic E-state index is 13.3. The third-order valence-corrected chi connectivity index (χ3v) is 6.00. The Hall–Kier alpha value is -4.50. The fourth-order valence-corrected chi connectivity index (χ4v) is 4.21. The smallest absolute Gasteiger partial charge is 0.287 e. The number of ether oxygens (including phenoxy) is 1. The van der Waals surface area contributed by atoms with Crippen LogP contribution in [0.15, 0.2) is 73.1 Å². The van der Waals surface area contributed by atoms with Crippen LogP contribution >= 0.6 is 11.6 Å². The number of aromatic nitrogens is 3. The van der Waals surface area contributed by atoms with Crippen molar-refractivity contribution >= 4 is 29.2 Å². The third-order valence-electron chi connectivity index (χ3n) is 5.77. The summed E-state index contributed by atoms with van der Waals surface area (Å²) in [5.41, 5.74) is 8.38. The van der Waals surface area contributed by atoms with Crippen LogP contribution < -0.4 is 15.8 Å². The van der Waals surface area contributed by atoms with Crippen LogP contribution in [0.25, 0.3) is 17.1 Å². The Morgan fingerprint density at radius 3 is 2.69 bits per heavy atom. The Balaban J connectivity index is 1.47. The molecule has 10 heteroatoms. The van der Waals surface area contributed by atoms with E-state index in [2.05, 4.69) is 15.4 Å².